The van der Waals surface area contributed by atoms with Gasteiger partial charge in [0.2, 0.25) is 0 Å². The molecule has 0 rings (SSSR count). The van der Waals surface area contributed by atoms with Gasteiger partial charge in [0.25, 0.3) is 10.1 Å². The third-order valence-electron chi connectivity index (χ3n) is 1.86. The fraction of sp³-hybridized carbons (Fsp3) is 1.00. The molecule has 0 radical (unpaired) electrons. The molecule has 0 bridgehead atoms. The van der Waals surface area contributed by atoms with Gasteiger partial charge in [-0.1, -0.05) is 6.92 Å². The number of hydrogen-bond donors (Lipinski definition) is 4. The van der Waals surface area contributed by atoms with Crippen LogP contribution in [0, 0.1) is 0 Å². The Balaban J connectivity index is 4.22. The second-order valence-corrected chi connectivity index (χ2v) is 5.37. The molecule has 0 heterocycles. The van der Waals surface area contributed by atoms with E-state index in [1.54, 1.807) is 6.92 Å². The summed E-state index contributed by atoms with van der Waals surface area (Å²) in [6.07, 6.45) is -4.00. The monoisotopic (exact) mass is 273 g/mol. The molecule has 8 nitrogen and oxygen atoms in total. The van der Waals surface area contributed by atoms with Crippen LogP contribution in [-0.4, -0.2) is 71.9 Å². The van der Waals surface area contributed by atoms with Crippen LogP contribution in [-0.2, 0) is 14.3 Å². The van der Waals surface area contributed by atoms with Crippen molar-refractivity contribution in [2.24, 2.45) is 0 Å². The Bertz CT molecular complexity index is 310. The van der Waals surface area contributed by atoms with Crippen molar-refractivity contribution < 1.29 is 33.0 Å². The van der Waals surface area contributed by atoms with E-state index in [1.807, 2.05) is 0 Å². The molecule has 0 saturated heterocycles. The first-order valence-electron chi connectivity index (χ1n) is 5.02. The van der Waals surface area contributed by atoms with Crippen LogP contribution in [0.3, 0.4) is 0 Å². The normalized spacial score (nSPS) is 15.2. The van der Waals surface area contributed by atoms with Crippen molar-refractivity contribution in [3.63, 3.8) is 0 Å². The number of likely N-dealkylation sites (N-methyl/N-ethyl adjacent to an activating group) is 1. The Morgan fingerprint density at radius 1 is 1.35 bits per heavy atom. The molecule has 0 saturated carbocycles. The molecule has 0 aliphatic rings. The Kier molecular flexibility index (Phi) is 6.48. The van der Waals surface area contributed by atoms with Crippen molar-refractivity contribution in [1.82, 2.24) is 4.90 Å². The maximum Gasteiger partial charge on any atom is 0.345 e. The first-order valence-corrected chi connectivity index (χ1v) is 6.59. The maximum absolute atomic E-state index is 11.2. The zero-order valence-electron chi connectivity index (χ0n) is 9.77. The zero-order chi connectivity index (χ0) is 13.7. The molecule has 0 amide bonds. The van der Waals surface area contributed by atoms with Gasteiger partial charge in [-0.25, -0.2) is 4.90 Å². The van der Waals surface area contributed by atoms with E-state index in [9.17, 15) is 13.5 Å². The van der Waals surface area contributed by atoms with E-state index in [0.717, 1.165) is 7.05 Å². The summed E-state index contributed by atoms with van der Waals surface area (Å²) in [6.45, 7) is 1.31. The van der Waals surface area contributed by atoms with E-state index in [-0.39, 0.29) is 6.61 Å². The number of aliphatic hydroxyl groups is 4. The van der Waals surface area contributed by atoms with E-state index < -0.39 is 34.6 Å². The Hall–Kier alpha value is -0.290. The molecule has 1 unspecified atom stereocenters. The highest BCUT2D eigenvalue weighted by Crippen LogP contribution is 2.04. The van der Waals surface area contributed by atoms with Gasteiger partial charge in [0.15, 0.2) is 0 Å². The largest absolute Gasteiger partial charge is 0.391 e. The van der Waals surface area contributed by atoms with Gasteiger partial charge in [0.1, 0.15) is 5.75 Å². The summed E-state index contributed by atoms with van der Waals surface area (Å²) in [5, 5.41) is 35.5. The van der Waals surface area contributed by atoms with Gasteiger partial charge in [0, 0.05) is 6.54 Å². The maximum atomic E-state index is 11.2. The molecule has 0 aromatic carbocycles. The summed E-state index contributed by atoms with van der Waals surface area (Å²) in [5.41, 5.74) is 0. The second-order valence-electron chi connectivity index (χ2n) is 3.68. The average Bonchev–Trinajstić information content (AvgIpc) is 2.12. The van der Waals surface area contributed by atoms with Crippen LogP contribution in [0.4, 0.5) is 0 Å². The summed E-state index contributed by atoms with van der Waals surface area (Å²) in [4.78, 5) is 0.576. The lowest BCUT2D eigenvalue weighted by Crippen LogP contribution is -2.50. The van der Waals surface area contributed by atoms with Crippen molar-refractivity contribution >= 4 is 10.1 Å². The number of hydrogen-bond acceptors (Lipinski definition) is 8. The Morgan fingerprint density at radius 2 is 1.88 bits per heavy atom. The topological polar surface area (TPSA) is 128 Å². The van der Waals surface area contributed by atoms with Gasteiger partial charge < -0.3 is 20.4 Å². The predicted octanol–water partition coefficient (Wildman–Crippen LogP) is -2.38. The van der Waals surface area contributed by atoms with E-state index >= 15 is 0 Å². The van der Waals surface area contributed by atoms with E-state index in [1.165, 1.54) is 0 Å². The molecule has 0 aromatic rings. The Labute approximate surface area is 100 Å². The van der Waals surface area contributed by atoms with Crippen LogP contribution in [0.5, 0.6) is 0 Å². The number of aliphatic hydroxyl groups excluding tert-OH is 1. The fourth-order valence-electron chi connectivity index (χ4n) is 0.985. The molecule has 9 heteroatoms. The van der Waals surface area contributed by atoms with Crippen LogP contribution in [0.15, 0.2) is 0 Å². The lowest BCUT2D eigenvalue weighted by atomic mass is 10.4. The second kappa shape index (κ2) is 6.59. The Morgan fingerprint density at radius 3 is 2.29 bits per heavy atom. The SMILES string of the molecule is CCCOS(=O)(=O)CC(O)CN(C)C(O)(O)O. The van der Waals surface area contributed by atoms with Gasteiger partial charge in [-0.15, -0.1) is 0 Å². The molecule has 0 aromatic heterocycles. The number of rotatable bonds is 8. The van der Waals surface area contributed by atoms with E-state index in [2.05, 4.69) is 4.18 Å². The molecule has 0 aliphatic carbocycles. The molecular weight excluding hydrogens is 254 g/mol. The third kappa shape index (κ3) is 7.60. The quantitative estimate of drug-likeness (QED) is 0.285. The van der Waals surface area contributed by atoms with Crippen molar-refractivity contribution in [2.75, 3.05) is 26.0 Å². The van der Waals surface area contributed by atoms with Crippen molar-refractivity contribution in [1.29, 1.82) is 0 Å². The fourth-order valence-corrected chi connectivity index (χ4v) is 2.08. The predicted molar refractivity (Wildman–Crippen MR) is 58.1 cm³/mol. The smallest absolute Gasteiger partial charge is 0.345 e. The molecular formula is C8H19NO7S. The summed E-state index contributed by atoms with van der Waals surface area (Å²) < 4.78 is 27.0. The number of nitrogens with zero attached hydrogens (tertiary/aromatic N) is 1. The van der Waals surface area contributed by atoms with Gasteiger partial charge >= 0.3 is 6.10 Å². The molecule has 1 atom stereocenters. The van der Waals surface area contributed by atoms with Crippen LogP contribution in [0.1, 0.15) is 13.3 Å². The van der Waals surface area contributed by atoms with Crippen molar-refractivity contribution in [3.05, 3.63) is 0 Å². The highest BCUT2D eigenvalue weighted by atomic mass is 32.2. The average molecular weight is 273 g/mol. The van der Waals surface area contributed by atoms with Crippen molar-refractivity contribution in [3.8, 4) is 0 Å². The minimum absolute atomic E-state index is 0.0226. The van der Waals surface area contributed by atoms with Gasteiger partial charge in [-0.05, 0) is 13.5 Å². The molecule has 104 valence electrons. The highest BCUT2D eigenvalue weighted by Gasteiger charge is 2.29. The first-order chi connectivity index (χ1) is 7.58. The van der Waals surface area contributed by atoms with Gasteiger partial charge in [-0.3, -0.25) is 4.18 Å². The highest BCUT2D eigenvalue weighted by molar-refractivity contribution is 7.86. The third-order valence-corrected chi connectivity index (χ3v) is 3.18. The minimum Gasteiger partial charge on any atom is -0.391 e. The van der Waals surface area contributed by atoms with Gasteiger partial charge in [0.05, 0.1) is 12.7 Å². The molecule has 0 aliphatic heterocycles. The molecule has 0 spiro atoms. The lowest BCUT2D eigenvalue weighted by Gasteiger charge is -2.27. The first kappa shape index (κ1) is 16.7. The van der Waals surface area contributed by atoms with Crippen molar-refractivity contribution in [2.45, 2.75) is 25.5 Å². The molecule has 0 fully saturated rings. The summed E-state index contributed by atoms with van der Waals surface area (Å²) >= 11 is 0. The van der Waals surface area contributed by atoms with Crippen LogP contribution >= 0.6 is 0 Å². The minimum atomic E-state index is -3.86. The van der Waals surface area contributed by atoms with E-state index in [0.29, 0.717) is 11.3 Å². The lowest BCUT2D eigenvalue weighted by molar-refractivity contribution is -0.389. The molecule has 17 heavy (non-hydrogen) atoms. The molecule has 4 N–H and O–H groups in total. The van der Waals surface area contributed by atoms with E-state index in [4.69, 9.17) is 15.3 Å². The van der Waals surface area contributed by atoms with Crippen LogP contribution < -0.4 is 0 Å². The standard InChI is InChI=1S/C8H19NO7S/c1-3-4-16-17(14,15)6-7(10)5-9(2)8(11,12)13/h7,10-13H,3-6H2,1-2H3. The summed E-state index contributed by atoms with van der Waals surface area (Å²) in [5.74, 6) is -0.687. The van der Waals surface area contributed by atoms with Crippen LogP contribution in [0.2, 0.25) is 0 Å². The van der Waals surface area contributed by atoms with Crippen LogP contribution in [0.25, 0.3) is 0 Å². The summed E-state index contributed by atoms with van der Waals surface area (Å²) in [7, 11) is -2.76. The summed E-state index contributed by atoms with van der Waals surface area (Å²) in [6, 6.07) is 0. The zero-order valence-corrected chi connectivity index (χ0v) is 10.6. The van der Waals surface area contributed by atoms with Gasteiger partial charge in [-0.2, -0.15) is 8.42 Å².